The normalized spacial score (nSPS) is 15.8. The Bertz CT molecular complexity index is 549. The van der Waals surface area contributed by atoms with E-state index in [2.05, 4.69) is 14.8 Å². The smallest absolute Gasteiger partial charge is 0.171 e. The molecule has 0 aromatic carbocycles. The first-order chi connectivity index (χ1) is 9.33. The summed E-state index contributed by atoms with van der Waals surface area (Å²) in [6.45, 7) is 0.422. The number of pyridine rings is 1. The Morgan fingerprint density at radius 2 is 2.16 bits per heavy atom. The van der Waals surface area contributed by atoms with Gasteiger partial charge in [0.05, 0.1) is 11.7 Å². The Labute approximate surface area is 117 Å². The van der Waals surface area contributed by atoms with Gasteiger partial charge in [-0.05, 0) is 31.0 Å². The van der Waals surface area contributed by atoms with Gasteiger partial charge in [-0.25, -0.2) is 4.98 Å². The maximum absolute atomic E-state index is 5.94. The van der Waals surface area contributed by atoms with Crippen LogP contribution >= 0.6 is 11.6 Å². The summed E-state index contributed by atoms with van der Waals surface area (Å²) in [7, 11) is 0. The molecule has 0 saturated heterocycles. The standard InChI is InChI=1S/C14H16ClN3O/c15-14-13(6-3-8-16-14)19-10-11-7-9-18(17-11)12-4-1-2-5-12/h3,6-9,12H,1-2,4-5,10H2. The molecule has 1 aliphatic rings. The van der Waals surface area contributed by atoms with Gasteiger partial charge >= 0.3 is 0 Å². The van der Waals surface area contributed by atoms with Gasteiger partial charge in [0.25, 0.3) is 0 Å². The van der Waals surface area contributed by atoms with Gasteiger partial charge in [-0.15, -0.1) is 0 Å². The summed E-state index contributed by atoms with van der Waals surface area (Å²) >= 11 is 5.94. The van der Waals surface area contributed by atoms with Crippen LogP contribution in [0.2, 0.25) is 5.15 Å². The first kappa shape index (κ1) is 12.5. The van der Waals surface area contributed by atoms with E-state index in [0.29, 0.717) is 23.6 Å². The Morgan fingerprint density at radius 3 is 2.95 bits per heavy atom. The van der Waals surface area contributed by atoms with Gasteiger partial charge in [0.15, 0.2) is 10.9 Å². The molecular formula is C14H16ClN3O. The van der Waals surface area contributed by atoms with Gasteiger partial charge in [0.2, 0.25) is 0 Å². The van der Waals surface area contributed by atoms with Crippen molar-refractivity contribution in [2.75, 3.05) is 0 Å². The molecule has 0 N–H and O–H groups in total. The molecule has 0 atom stereocenters. The summed E-state index contributed by atoms with van der Waals surface area (Å²) in [6.07, 6.45) is 8.76. The molecular weight excluding hydrogens is 262 g/mol. The first-order valence-electron chi connectivity index (χ1n) is 6.60. The van der Waals surface area contributed by atoms with E-state index in [-0.39, 0.29) is 0 Å². The summed E-state index contributed by atoms with van der Waals surface area (Å²) in [5, 5.41) is 4.95. The SMILES string of the molecule is Clc1ncccc1OCc1ccn(C2CCCC2)n1. The maximum Gasteiger partial charge on any atom is 0.171 e. The minimum Gasteiger partial charge on any atom is -0.484 e. The highest BCUT2D eigenvalue weighted by molar-refractivity contribution is 6.30. The van der Waals surface area contributed by atoms with Crippen molar-refractivity contribution in [3.05, 3.63) is 41.4 Å². The lowest BCUT2D eigenvalue weighted by atomic mass is 10.3. The van der Waals surface area contributed by atoms with Gasteiger partial charge in [-0.1, -0.05) is 24.4 Å². The van der Waals surface area contributed by atoms with Crippen LogP contribution in [0.25, 0.3) is 0 Å². The lowest BCUT2D eigenvalue weighted by molar-refractivity contribution is 0.297. The first-order valence-corrected chi connectivity index (χ1v) is 6.98. The van der Waals surface area contributed by atoms with Crippen molar-refractivity contribution in [1.29, 1.82) is 0 Å². The predicted octanol–water partition coefficient (Wildman–Crippen LogP) is 3.63. The molecule has 100 valence electrons. The Kier molecular flexibility index (Phi) is 3.69. The van der Waals surface area contributed by atoms with Crippen molar-refractivity contribution in [2.24, 2.45) is 0 Å². The molecule has 1 fully saturated rings. The van der Waals surface area contributed by atoms with Crippen molar-refractivity contribution in [3.63, 3.8) is 0 Å². The zero-order valence-corrected chi connectivity index (χ0v) is 11.4. The van der Waals surface area contributed by atoms with Gasteiger partial charge in [0, 0.05) is 12.4 Å². The van der Waals surface area contributed by atoms with Crippen LogP contribution in [0, 0.1) is 0 Å². The van der Waals surface area contributed by atoms with Crippen LogP contribution < -0.4 is 4.74 Å². The second-order valence-corrected chi connectivity index (χ2v) is 5.16. The minimum absolute atomic E-state index is 0.387. The fourth-order valence-electron chi connectivity index (χ4n) is 2.46. The van der Waals surface area contributed by atoms with Crippen LogP contribution in [0.1, 0.15) is 37.4 Å². The van der Waals surface area contributed by atoms with Gasteiger partial charge in [-0.3, -0.25) is 4.68 Å². The highest BCUT2D eigenvalue weighted by Gasteiger charge is 2.17. The number of hydrogen-bond donors (Lipinski definition) is 0. The van der Waals surface area contributed by atoms with E-state index >= 15 is 0 Å². The number of halogens is 1. The molecule has 2 aromatic heterocycles. The summed E-state index contributed by atoms with van der Waals surface area (Å²) in [6, 6.07) is 6.18. The molecule has 5 heteroatoms. The largest absolute Gasteiger partial charge is 0.484 e. The molecule has 0 radical (unpaired) electrons. The molecule has 0 aliphatic heterocycles. The maximum atomic E-state index is 5.94. The quantitative estimate of drug-likeness (QED) is 0.801. The lowest BCUT2D eigenvalue weighted by Crippen LogP contribution is -2.06. The van der Waals surface area contributed by atoms with E-state index < -0.39 is 0 Å². The molecule has 2 heterocycles. The average Bonchev–Trinajstić information content (AvgIpc) is 3.09. The number of hydrogen-bond acceptors (Lipinski definition) is 3. The highest BCUT2D eigenvalue weighted by atomic mass is 35.5. The fourth-order valence-corrected chi connectivity index (χ4v) is 2.63. The molecule has 1 saturated carbocycles. The van der Waals surface area contributed by atoms with E-state index in [0.717, 1.165) is 5.69 Å². The summed E-state index contributed by atoms with van der Waals surface area (Å²) in [5.41, 5.74) is 0.923. The number of nitrogens with zero attached hydrogens (tertiary/aromatic N) is 3. The van der Waals surface area contributed by atoms with Crippen LogP contribution in [-0.2, 0) is 6.61 Å². The summed E-state index contributed by atoms with van der Waals surface area (Å²) in [5.74, 6) is 0.597. The lowest BCUT2D eigenvalue weighted by Gasteiger charge is -2.09. The molecule has 19 heavy (non-hydrogen) atoms. The van der Waals surface area contributed by atoms with E-state index in [9.17, 15) is 0 Å². The third-order valence-corrected chi connectivity index (χ3v) is 3.75. The van der Waals surface area contributed by atoms with Crippen LogP contribution in [0.15, 0.2) is 30.6 Å². The molecule has 0 bridgehead atoms. The van der Waals surface area contributed by atoms with E-state index in [1.165, 1.54) is 25.7 Å². The fraction of sp³-hybridized carbons (Fsp3) is 0.429. The average molecular weight is 278 g/mol. The van der Waals surface area contributed by atoms with Crippen LogP contribution in [0.3, 0.4) is 0 Å². The van der Waals surface area contributed by atoms with Crippen molar-refractivity contribution >= 4 is 11.6 Å². The topological polar surface area (TPSA) is 39.9 Å². The van der Waals surface area contributed by atoms with Crippen LogP contribution in [0.4, 0.5) is 0 Å². The zero-order valence-electron chi connectivity index (χ0n) is 10.6. The molecule has 0 spiro atoms. The van der Waals surface area contributed by atoms with Crippen molar-refractivity contribution in [3.8, 4) is 5.75 Å². The van der Waals surface area contributed by atoms with Gasteiger partial charge in [0.1, 0.15) is 6.61 Å². The third kappa shape index (κ3) is 2.89. The Balaban J connectivity index is 1.63. The second-order valence-electron chi connectivity index (χ2n) is 4.81. The Hall–Kier alpha value is -1.55. The highest BCUT2D eigenvalue weighted by Crippen LogP contribution is 2.29. The van der Waals surface area contributed by atoms with Crippen LogP contribution in [0.5, 0.6) is 5.75 Å². The third-order valence-electron chi connectivity index (χ3n) is 3.46. The van der Waals surface area contributed by atoms with Gasteiger partial charge < -0.3 is 4.74 Å². The van der Waals surface area contributed by atoms with E-state index in [1.807, 2.05) is 18.3 Å². The zero-order chi connectivity index (χ0) is 13.1. The van der Waals surface area contributed by atoms with Gasteiger partial charge in [-0.2, -0.15) is 5.10 Å². The van der Waals surface area contributed by atoms with Crippen molar-refractivity contribution in [1.82, 2.24) is 14.8 Å². The molecule has 3 rings (SSSR count). The molecule has 2 aromatic rings. The molecule has 0 amide bonds. The van der Waals surface area contributed by atoms with E-state index in [4.69, 9.17) is 16.3 Å². The van der Waals surface area contributed by atoms with E-state index in [1.54, 1.807) is 12.3 Å². The van der Waals surface area contributed by atoms with Crippen molar-refractivity contribution < 1.29 is 4.74 Å². The Morgan fingerprint density at radius 1 is 1.32 bits per heavy atom. The predicted molar refractivity (Wildman–Crippen MR) is 73.3 cm³/mol. The van der Waals surface area contributed by atoms with Crippen LogP contribution in [-0.4, -0.2) is 14.8 Å². The minimum atomic E-state index is 0.387. The second kappa shape index (κ2) is 5.61. The summed E-state index contributed by atoms with van der Waals surface area (Å²) in [4.78, 5) is 3.97. The molecule has 4 nitrogen and oxygen atoms in total. The molecule has 0 unspecified atom stereocenters. The number of ether oxygens (including phenoxy) is 1. The molecule has 1 aliphatic carbocycles. The van der Waals surface area contributed by atoms with Crippen molar-refractivity contribution in [2.45, 2.75) is 38.3 Å². The number of rotatable bonds is 4. The number of aromatic nitrogens is 3. The summed E-state index contributed by atoms with van der Waals surface area (Å²) < 4.78 is 7.69. The monoisotopic (exact) mass is 277 g/mol.